The minimum absolute atomic E-state index is 0.356. The van der Waals surface area contributed by atoms with E-state index in [1.165, 1.54) is 0 Å². The van der Waals surface area contributed by atoms with Gasteiger partial charge in [-0.25, -0.2) is 9.97 Å². The van der Waals surface area contributed by atoms with Crippen LogP contribution in [0, 0.1) is 0 Å². The summed E-state index contributed by atoms with van der Waals surface area (Å²) < 4.78 is 7.16. The molecule has 0 bridgehead atoms. The molecule has 0 aromatic carbocycles. The van der Waals surface area contributed by atoms with Gasteiger partial charge in [-0.1, -0.05) is 11.6 Å². The highest BCUT2D eigenvalue weighted by Crippen LogP contribution is 2.12. The number of anilines is 1. The first-order chi connectivity index (χ1) is 9.69. The van der Waals surface area contributed by atoms with Crippen molar-refractivity contribution < 1.29 is 4.74 Å². The lowest BCUT2D eigenvalue weighted by molar-refractivity contribution is 0.128. The van der Waals surface area contributed by atoms with Gasteiger partial charge in [-0.2, -0.15) is 0 Å². The second-order valence-corrected chi connectivity index (χ2v) is 4.55. The second-order valence-electron chi connectivity index (χ2n) is 4.16. The number of nitrogens with zero attached hydrogens (tertiary/aromatic N) is 5. The van der Waals surface area contributed by atoms with Gasteiger partial charge in [0.2, 0.25) is 0 Å². The maximum absolute atomic E-state index is 5.96. The van der Waals surface area contributed by atoms with Crippen molar-refractivity contribution in [3.63, 3.8) is 0 Å². The summed E-state index contributed by atoms with van der Waals surface area (Å²) in [6.45, 7) is 3.58. The fourth-order valence-corrected chi connectivity index (χ4v) is 1.85. The molecule has 1 N–H and O–H groups in total. The van der Waals surface area contributed by atoms with Crippen molar-refractivity contribution in [1.82, 2.24) is 24.7 Å². The lowest BCUT2D eigenvalue weighted by Gasteiger charge is -2.07. The molecular weight excluding hydrogens is 280 g/mol. The van der Waals surface area contributed by atoms with Crippen molar-refractivity contribution in [2.24, 2.45) is 7.05 Å². The summed E-state index contributed by atoms with van der Waals surface area (Å²) in [6.07, 6.45) is 2.43. The van der Waals surface area contributed by atoms with E-state index < -0.39 is 0 Å². The first-order valence-electron chi connectivity index (χ1n) is 6.37. The maximum atomic E-state index is 5.96. The highest BCUT2D eigenvalue weighted by molar-refractivity contribution is 6.29. The van der Waals surface area contributed by atoms with Crippen LogP contribution in [0.15, 0.2) is 12.4 Å². The Labute approximate surface area is 122 Å². The monoisotopic (exact) mass is 296 g/mol. The summed E-state index contributed by atoms with van der Waals surface area (Å²) in [6, 6.07) is 1.69. The van der Waals surface area contributed by atoms with Crippen LogP contribution in [0.1, 0.15) is 18.6 Å². The molecule has 8 heteroatoms. The van der Waals surface area contributed by atoms with E-state index in [0.717, 1.165) is 12.2 Å². The topological polar surface area (TPSA) is 77.8 Å². The number of rotatable bonds is 7. The number of ether oxygens (including phenoxy) is 1. The fourth-order valence-electron chi connectivity index (χ4n) is 1.65. The van der Waals surface area contributed by atoms with Gasteiger partial charge in [0.25, 0.3) is 0 Å². The Morgan fingerprint density at radius 1 is 1.40 bits per heavy atom. The molecule has 2 rings (SSSR count). The van der Waals surface area contributed by atoms with E-state index in [4.69, 9.17) is 16.3 Å². The van der Waals surface area contributed by atoms with Crippen LogP contribution in [0.3, 0.4) is 0 Å². The Balaban J connectivity index is 1.91. The van der Waals surface area contributed by atoms with Crippen LogP contribution in [0.25, 0.3) is 0 Å². The highest BCUT2D eigenvalue weighted by atomic mass is 35.5. The van der Waals surface area contributed by atoms with Crippen LogP contribution in [0.2, 0.25) is 5.15 Å². The van der Waals surface area contributed by atoms with E-state index >= 15 is 0 Å². The van der Waals surface area contributed by atoms with Crippen LogP contribution in [0.5, 0.6) is 0 Å². The molecule has 0 unspecified atom stereocenters. The molecule has 108 valence electrons. The summed E-state index contributed by atoms with van der Waals surface area (Å²) >= 11 is 5.96. The molecule has 2 heterocycles. The molecule has 2 aromatic heterocycles. The Morgan fingerprint density at radius 3 is 2.95 bits per heavy atom. The van der Waals surface area contributed by atoms with Crippen molar-refractivity contribution in [2.75, 3.05) is 18.5 Å². The molecule has 0 aliphatic heterocycles. The van der Waals surface area contributed by atoms with Gasteiger partial charge >= 0.3 is 0 Å². The molecule has 7 nitrogen and oxygen atoms in total. The third-order valence-corrected chi connectivity index (χ3v) is 2.83. The summed E-state index contributed by atoms with van der Waals surface area (Å²) in [7, 11) is 1.91. The molecule has 0 saturated heterocycles. The first kappa shape index (κ1) is 14.7. The molecule has 0 radical (unpaired) electrons. The Morgan fingerprint density at radius 2 is 2.25 bits per heavy atom. The van der Waals surface area contributed by atoms with Gasteiger partial charge in [-0.3, -0.25) is 0 Å². The average Bonchev–Trinajstić information content (AvgIpc) is 2.82. The van der Waals surface area contributed by atoms with Crippen molar-refractivity contribution in [2.45, 2.75) is 20.0 Å². The maximum Gasteiger partial charge on any atom is 0.158 e. The van der Waals surface area contributed by atoms with Crippen molar-refractivity contribution in [3.05, 3.63) is 29.2 Å². The summed E-state index contributed by atoms with van der Waals surface area (Å²) in [5.74, 6) is 2.16. The van der Waals surface area contributed by atoms with Crippen LogP contribution >= 0.6 is 11.6 Å². The number of aryl methyl sites for hydroxylation is 1. The molecule has 0 amide bonds. The van der Waals surface area contributed by atoms with Gasteiger partial charge in [-0.15, -0.1) is 10.2 Å². The van der Waals surface area contributed by atoms with E-state index in [9.17, 15) is 0 Å². The average molecular weight is 297 g/mol. The number of aromatic nitrogens is 5. The van der Waals surface area contributed by atoms with Crippen molar-refractivity contribution in [1.29, 1.82) is 0 Å². The molecule has 0 atom stereocenters. The van der Waals surface area contributed by atoms with E-state index in [2.05, 4.69) is 25.5 Å². The smallest absolute Gasteiger partial charge is 0.158 e. The van der Waals surface area contributed by atoms with Crippen LogP contribution in [-0.4, -0.2) is 37.9 Å². The summed E-state index contributed by atoms with van der Waals surface area (Å²) in [5.41, 5.74) is 0. The lowest BCUT2D eigenvalue weighted by Crippen LogP contribution is -2.11. The number of halogens is 1. The zero-order valence-electron chi connectivity index (χ0n) is 11.5. The number of nitrogens with one attached hydrogen (secondary N) is 1. The van der Waals surface area contributed by atoms with E-state index in [0.29, 0.717) is 36.6 Å². The molecule has 0 aliphatic carbocycles. The predicted molar refractivity (Wildman–Crippen MR) is 75.6 cm³/mol. The lowest BCUT2D eigenvalue weighted by atomic mass is 10.4. The zero-order chi connectivity index (χ0) is 14.4. The normalized spacial score (nSPS) is 10.8. The van der Waals surface area contributed by atoms with E-state index in [1.54, 1.807) is 12.4 Å². The first-order valence-corrected chi connectivity index (χ1v) is 6.74. The van der Waals surface area contributed by atoms with Crippen LogP contribution in [0.4, 0.5) is 5.82 Å². The summed E-state index contributed by atoms with van der Waals surface area (Å²) in [5, 5.41) is 11.4. The Kier molecular flexibility index (Phi) is 5.25. The quantitative estimate of drug-likeness (QED) is 0.779. The second kappa shape index (κ2) is 7.16. The molecule has 0 saturated carbocycles. The van der Waals surface area contributed by atoms with Gasteiger partial charge in [0, 0.05) is 32.7 Å². The van der Waals surface area contributed by atoms with E-state index in [-0.39, 0.29) is 0 Å². The third-order valence-electron chi connectivity index (χ3n) is 2.64. The third kappa shape index (κ3) is 4.14. The van der Waals surface area contributed by atoms with Gasteiger partial charge in [0.05, 0.1) is 0 Å². The molecule has 0 fully saturated rings. The zero-order valence-corrected chi connectivity index (χ0v) is 12.3. The minimum atomic E-state index is 0.356. The minimum Gasteiger partial charge on any atom is -0.374 e. The van der Waals surface area contributed by atoms with Gasteiger partial charge < -0.3 is 14.6 Å². The Hall–Kier alpha value is -1.73. The van der Waals surface area contributed by atoms with Gasteiger partial charge in [-0.05, 0) is 6.92 Å². The van der Waals surface area contributed by atoms with Gasteiger partial charge in [0.15, 0.2) is 5.82 Å². The van der Waals surface area contributed by atoms with Crippen molar-refractivity contribution >= 4 is 17.4 Å². The number of hydrogen-bond donors (Lipinski definition) is 1. The molecule has 2 aromatic rings. The molecule has 0 spiro atoms. The van der Waals surface area contributed by atoms with Crippen molar-refractivity contribution in [3.8, 4) is 0 Å². The number of hydrogen-bond acceptors (Lipinski definition) is 6. The molecule has 0 aliphatic rings. The van der Waals surface area contributed by atoms with E-state index in [1.807, 2.05) is 18.5 Å². The molecular formula is C12H17ClN6O. The summed E-state index contributed by atoms with van der Waals surface area (Å²) in [4.78, 5) is 8.44. The fraction of sp³-hybridized carbons (Fsp3) is 0.500. The Bertz CT molecular complexity index is 559. The SMILES string of the molecule is CCOCc1nc(Cl)cc(NCCc2nncn2C)n1. The standard InChI is InChI=1S/C12H17ClN6O/c1-3-20-7-11-16-9(13)6-10(17-11)14-5-4-12-18-15-8-19(12)2/h6,8H,3-5,7H2,1-2H3,(H,14,16,17). The molecule has 20 heavy (non-hydrogen) atoms. The van der Waals surface area contributed by atoms with Crippen LogP contribution in [-0.2, 0) is 24.8 Å². The van der Waals surface area contributed by atoms with Crippen LogP contribution < -0.4 is 5.32 Å². The largest absolute Gasteiger partial charge is 0.374 e. The predicted octanol–water partition coefficient (Wildman–Crippen LogP) is 1.45. The highest BCUT2D eigenvalue weighted by Gasteiger charge is 2.04. The van der Waals surface area contributed by atoms with Gasteiger partial charge in [0.1, 0.15) is 29.7 Å².